The molecule has 0 aliphatic rings. The zero-order chi connectivity index (χ0) is 10.8. The maximum atomic E-state index is 12.4. The highest BCUT2D eigenvalue weighted by Gasteiger charge is 2.57. The van der Waals surface area contributed by atoms with Crippen LogP contribution in [0.5, 0.6) is 0 Å². The average molecular weight is 213 g/mol. The van der Waals surface area contributed by atoms with Crippen molar-refractivity contribution in [3.63, 3.8) is 0 Å². The molecule has 0 unspecified atom stereocenters. The molecule has 1 rings (SSSR count). The van der Waals surface area contributed by atoms with Gasteiger partial charge in [0.15, 0.2) is 5.82 Å². The Labute approximate surface area is 75.0 Å². The maximum Gasteiger partial charge on any atom is 0.453 e. The number of aromatic nitrogens is 3. The van der Waals surface area contributed by atoms with Gasteiger partial charge in [-0.3, -0.25) is 0 Å². The molecule has 0 N–H and O–H groups in total. The van der Waals surface area contributed by atoms with Gasteiger partial charge in [0.1, 0.15) is 0 Å². The third-order valence-electron chi connectivity index (χ3n) is 1.32. The van der Waals surface area contributed by atoms with Crippen molar-refractivity contribution in [1.29, 1.82) is 0 Å². The van der Waals surface area contributed by atoms with Gasteiger partial charge in [0, 0.05) is 6.20 Å². The molecular weight excluding hydrogens is 209 g/mol. The number of halogens is 5. The van der Waals surface area contributed by atoms with Gasteiger partial charge in [0.05, 0.1) is 12.6 Å². The minimum Gasteiger partial charge on any atom is -0.238 e. The van der Waals surface area contributed by atoms with Crippen molar-refractivity contribution < 1.29 is 22.0 Å². The fourth-order valence-electron chi connectivity index (χ4n) is 0.655. The SMILES string of the molecule is FC(F)(F)C(F)(F)Cc1nccnn1. The molecule has 3 nitrogen and oxygen atoms in total. The Morgan fingerprint density at radius 2 is 1.71 bits per heavy atom. The second-order valence-corrected chi connectivity index (χ2v) is 2.44. The summed E-state index contributed by atoms with van der Waals surface area (Å²) in [4.78, 5) is 3.22. The van der Waals surface area contributed by atoms with Crippen molar-refractivity contribution in [3.05, 3.63) is 18.2 Å². The van der Waals surface area contributed by atoms with Gasteiger partial charge < -0.3 is 0 Å². The van der Waals surface area contributed by atoms with E-state index in [-0.39, 0.29) is 0 Å². The van der Waals surface area contributed by atoms with E-state index in [1.54, 1.807) is 0 Å². The normalized spacial score (nSPS) is 12.9. The highest BCUT2D eigenvalue weighted by atomic mass is 19.4. The molecular formula is C6H4F5N3. The van der Waals surface area contributed by atoms with Gasteiger partial charge >= 0.3 is 12.1 Å². The highest BCUT2D eigenvalue weighted by molar-refractivity contribution is 4.91. The van der Waals surface area contributed by atoms with E-state index in [0.29, 0.717) is 0 Å². The topological polar surface area (TPSA) is 38.7 Å². The van der Waals surface area contributed by atoms with Crippen molar-refractivity contribution >= 4 is 0 Å². The lowest BCUT2D eigenvalue weighted by Gasteiger charge is -2.17. The summed E-state index contributed by atoms with van der Waals surface area (Å²) in [7, 11) is 0. The molecule has 78 valence electrons. The molecule has 0 aliphatic heterocycles. The van der Waals surface area contributed by atoms with E-state index in [1.165, 1.54) is 0 Å². The van der Waals surface area contributed by atoms with Crippen LogP contribution in [0.2, 0.25) is 0 Å². The van der Waals surface area contributed by atoms with Crippen LogP contribution >= 0.6 is 0 Å². The van der Waals surface area contributed by atoms with E-state index < -0.39 is 24.3 Å². The first-order valence-electron chi connectivity index (χ1n) is 3.40. The van der Waals surface area contributed by atoms with E-state index in [2.05, 4.69) is 15.2 Å². The zero-order valence-electron chi connectivity index (χ0n) is 6.59. The molecule has 0 bridgehead atoms. The summed E-state index contributed by atoms with van der Waals surface area (Å²) in [6.07, 6.45) is -5.11. The summed E-state index contributed by atoms with van der Waals surface area (Å²) in [5, 5.41) is 6.17. The Kier molecular flexibility index (Phi) is 2.63. The molecule has 0 spiro atoms. The molecule has 0 saturated heterocycles. The van der Waals surface area contributed by atoms with E-state index in [1.807, 2.05) is 0 Å². The predicted octanol–water partition coefficient (Wildman–Crippen LogP) is 1.61. The predicted molar refractivity (Wildman–Crippen MR) is 34.5 cm³/mol. The Morgan fingerprint density at radius 1 is 1.07 bits per heavy atom. The summed E-state index contributed by atoms with van der Waals surface area (Å²) in [5.41, 5.74) is 0. The lowest BCUT2D eigenvalue weighted by atomic mass is 10.2. The van der Waals surface area contributed by atoms with Crippen LogP contribution in [-0.4, -0.2) is 27.3 Å². The quantitative estimate of drug-likeness (QED) is 0.700. The first-order chi connectivity index (χ1) is 6.33. The molecule has 0 amide bonds. The molecule has 0 fully saturated rings. The van der Waals surface area contributed by atoms with E-state index >= 15 is 0 Å². The second kappa shape index (κ2) is 3.43. The van der Waals surface area contributed by atoms with E-state index in [9.17, 15) is 22.0 Å². The number of hydrogen-bond donors (Lipinski definition) is 0. The van der Waals surface area contributed by atoms with Gasteiger partial charge in [0.2, 0.25) is 0 Å². The van der Waals surface area contributed by atoms with Gasteiger partial charge in [-0.15, -0.1) is 5.10 Å². The molecule has 0 aliphatic carbocycles. The highest BCUT2D eigenvalue weighted by Crippen LogP contribution is 2.37. The third-order valence-corrected chi connectivity index (χ3v) is 1.32. The minimum absolute atomic E-state index is 0.644. The van der Waals surface area contributed by atoms with Crippen LogP contribution in [-0.2, 0) is 6.42 Å². The van der Waals surface area contributed by atoms with Crippen molar-refractivity contribution in [2.75, 3.05) is 0 Å². The van der Waals surface area contributed by atoms with Gasteiger partial charge in [-0.1, -0.05) is 0 Å². The lowest BCUT2D eigenvalue weighted by Crippen LogP contribution is -2.38. The average Bonchev–Trinajstić information content (AvgIpc) is 2.03. The summed E-state index contributed by atoms with van der Waals surface area (Å²) < 4.78 is 59.8. The molecule has 1 heterocycles. The number of nitrogens with zero attached hydrogens (tertiary/aromatic N) is 3. The zero-order valence-corrected chi connectivity index (χ0v) is 6.59. The number of alkyl halides is 5. The van der Waals surface area contributed by atoms with E-state index in [0.717, 1.165) is 12.4 Å². The van der Waals surface area contributed by atoms with Crippen LogP contribution in [0.1, 0.15) is 5.82 Å². The minimum atomic E-state index is -5.59. The van der Waals surface area contributed by atoms with Crippen molar-refractivity contribution in [2.45, 2.75) is 18.5 Å². The third kappa shape index (κ3) is 2.33. The van der Waals surface area contributed by atoms with Gasteiger partial charge in [-0.2, -0.15) is 27.1 Å². The Balaban J connectivity index is 2.79. The van der Waals surface area contributed by atoms with Crippen LogP contribution < -0.4 is 0 Å². The molecule has 8 heteroatoms. The van der Waals surface area contributed by atoms with Crippen LogP contribution in [0, 0.1) is 0 Å². The van der Waals surface area contributed by atoms with Gasteiger partial charge in [-0.25, -0.2) is 4.98 Å². The van der Waals surface area contributed by atoms with E-state index in [4.69, 9.17) is 0 Å². The molecule has 14 heavy (non-hydrogen) atoms. The summed E-state index contributed by atoms with van der Waals surface area (Å²) in [6.45, 7) is 0. The van der Waals surface area contributed by atoms with Crippen LogP contribution in [0.15, 0.2) is 12.4 Å². The fourth-order valence-corrected chi connectivity index (χ4v) is 0.655. The van der Waals surface area contributed by atoms with Crippen molar-refractivity contribution in [3.8, 4) is 0 Å². The number of rotatable bonds is 2. The van der Waals surface area contributed by atoms with Crippen LogP contribution in [0.25, 0.3) is 0 Å². The molecule has 0 atom stereocenters. The van der Waals surface area contributed by atoms with Crippen molar-refractivity contribution in [2.24, 2.45) is 0 Å². The maximum absolute atomic E-state index is 12.4. The fraction of sp³-hybridized carbons (Fsp3) is 0.500. The Morgan fingerprint density at radius 3 is 2.14 bits per heavy atom. The second-order valence-electron chi connectivity index (χ2n) is 2.44. The summed E-state index contributed by atoms with van der Waals surface area (Å²) in [6, 6.07) is 0. The first-order valence-corrected chi connectivity index (χ1v) is 3.40. The first kappa shape index (κ1) is 10.7. The Bertz CT molecular complexity index is 296. The molecule has 0 saturated carbocycles. The molecule has 1 aromatic heterocycles. The van der Waals surface area contributed by atoms with Gasteiger partial charge in [-0.05, 0) is 0 Å². The van der Waals surface area contributed by atoms with Gasteiger partial charge in [0.25, 0.3) is 0 Å². The Hall–Kier alpha value is -1.34. The largest absolute Gasteiger partial charge is 0.453 e. The van der Waals surface area contributed by atoms with Crippen LogP contribution in [0.4, 0.5) is 22.0 Å². The number of hydrogen-bond acceptors (Lipinski definition) is 3. The summed E-state index contributed by atoms with van der Waals surface area (Å²) >= 11 is 0. The molecule has 1 aromatic rings. The molecule has 0 radical (unpaired) electrons. The molecule has 0 aromatic carbocycles. The smallest absolute Gasteiger partial charge is 0.238 e. The summed E-state index contributed by atoms with van der Waals surface area (Å²) in [5.74, 6) is -5.47. The van der Waals surface area contributed by atoms with Crippen LogP contribution in [0.3, 0.4) is 0 Å². The van der Waals surface area contributed by atoms with Crippen molar-refractivity contribution in [1.82, 2.24) is 15.2 Å². The lowest BCUT2D eigenvalue weighted by molar-refractivity contribution is -0.281. The monoisotopic (exact) mass is 213 g/mol. The standard InChI is InChI=1S/C6H4F5N3/c7-5(8,6(9,10)11)3-4-12-1-2-13-14-4/h1-2H,3H2.